The standard InChI is InChI=1S/C14H10FNO5/c15-10-5-1-3-7-12(10)21-14(17)9-20-13-8-4-2-6-11(13)16(18)19/h1-8H,9H2. The summed E-state index contributed by atoms with van der Waals surface area (Å²) in [6.07, 6.45) is 0. The molecule has 0 fully saturated rings. The quantitative estimate of drug-likeness (QED) is 0.366. The minimum absolute atomic E-state index is 0.0621. The van der Waals surface area contributed by atoms with E-state index in [2.05, 4.69) is 0 Å². The van der Waals surface area contributed by atoms with E-state index >= 15 is 0 Å². The van der Waals surface area contributed by atoms with E-state index in [-0.39, 0.29) is 17.2 Å². The van der Waals surface area contributed by atoms with Gasteiger partial charge in [0.2, 0.25) is 0 Å². The fraction of sp³-hybridized carbons (Fsp3) is 0.0714. The maximum absolute atomic E-state index is 13.3. The molecule has 0 spiro atoms. The first kappa shape index (κ1) is 14.4. The fourth-order valence-corrected chi connectivity index (χ4v) is 1.55. The van der Waals surface area contributed by atoms with E-state index in [1.807, 2.05) is 0 Å². The Morgan fingerprint density at radius 1 is 1.10 bits per heavy atom. The molecule has 0 saturated carbocycles. The SMILES string of the molecule is O=C(COc1ccccc1[N+](=O)[O-])Oc1ccccc1F. The molecule has 0 bridgehead atoms. The van der Waals surface area contributed by atoms with Crippen LogP contribution in [-0.2, 0) is 4.79 Å². The molecule has 0 saturated heterocycles. The van der Waals surface area contributed by atoms with Crippen LogP contribution in [0.1, 0.15) is 0 Å². The van der Waals surface area contributed by atoms with Crippen LogP contribution in [0.2, 0.25) is 0 Å². The number of rotatable bonds is 5. The Bertz CT molecular complexity index is 674. The highest BCUT2D eigenvalue weighted by Gasteiger charge is 2.16. The Kier molecular flexibility index (Phi) is 4.45. The number of halogens is 1. The number of nitro groups is 1. The molecule has 6 nitrogen and oxygen atoms in total. The molecule has 0 heterocycles. The summed E-state index contributed by atoms with van der Waals surface area (Å²) < 4.78 is 23.1. The van der Waals surface area contributed by atoms with E-state index in [1.165, 1.54) is 42.5 Å². The third kappa shape index (κ3) is 3.75. The number of para-hydroxylation sites is 3. The average Bonchev–Trinajstić information content (AvgIpc) is 2.48. The first-order valence-corrected chi connectivity index (χ1v) is 5.89. The molecule has 2 aromatic rings. The van der Waals surface area contributed by atoms with Crippen molar-refractivity contribution in [3.05, 3.63) is 64.5 Å². The third-order valence-electron chi connectivity index (χ3n) is 2.47. The van der Waals surface area contributed by atoms with Crippen LogP contribution in [0.15, 0.2) is 48.5 Å². The second-order valence-electron chi connectivity index (χ2n) is 3.92. The van der Waals surface area contributed by atoms with Crippen LogP contribution < -0.4 is 9.47 Å². The monoisotopic (exact) mass is 291 g/mol. The van der Waals surface area contributed by atoms with E-state index in [4.69, 9.17) is 9.47 Å². The summed E-state index contributed by atoms with van der Waals surface area (Å²) in [5.74, 6) is -1.84. The van der Waals surface area contributed by atoms with Crippen molar-refractivity contribution in [3.63, 3.8) is 0 Å². The fourth-order valence-electron chi connectivity index (χ4n) is 1.55. The Morgan fingerprint density at radius 3 is 2.38 bits per heavy atom. The van der Waals surface area contributed by atoms with E-state index < -0.39 is 23.3 Å². The predicted octanol–water partition coefficient (Wildman–Crippen LogP) is 2.72. The summed E-state index contributed by atoms with van der Waals surface area (Å²) in [4.78, 5) is 21.7. The van der Waals surface area contributed by atoms with E-state index in [1.54, 1.807) is 0 Å². The molecular formula is C14H10FNO5. The Labute approximate surface area is 118 Å². The van der Waals surface area contributed by atoms with Gasteiger partial charge in [-0.1, -0.05) is 24.3 Å². The van der Waals surface area contributed by atoms with Crippen LogP contribution in [0.3, 0.4) is 0 Å². The first-order valence-electron chi connectivity index (χ1n) is 5.89. The molecule has 2 rings (SSSR count). The normalized spacial score (nSPS) is 9.95. The Hall–Kier alpha value is -2.96. The molecule has 0 radical (unpaired) electrons. The molecule has 2 aromatic carbocycles. The lowest BCUT2D eigenvalue weighted by molar-refractivity contribution is -0.385. The smallest absolute Gasteiger partial charge is 0.349 e. The number of hydrogen-bond acceptors (Lipinski definition) is 5. The number of carbonyl (C=O) groups is 1. The van der Waals surface area contributed by atoms with Crippen molar-refractivity contribution in [2.75, 3.05) is 6.61 Å². The molecule has 0 atom stereocenters. The molecule has 0 unspecified atom stereocenters. The third-order valence-corrected chi connectivity index (χ3v) is 2.47. The number of hydrogen-bond donors (Lipinski definition) is 0. The zero-order valence-corrected chi connectivity index (χ0v) is 10.7. The molecule has 108 valence electrons. The van der Waals surface area contributed by atoms with Crippen molar-refractivity contribution >= 4 is 11.7 Å². The Balaban J connectivity index is 1.99. The second kappa shape index (κ2) is 6.47. The van der Waals surface area contributed by atoms with Crippen LogP contribution >= 0.6 is 0 Å². The number of nitro benzene ring substituents is 1. The van der Waals surface area contributed by atoms with Crippen LogP contribution in [0.4, 0.5) is 10.1 Å². The molecule has 0 N–H and O–H groups in total. The van der Waals surface area contributed by atoms with Gasteiger partial charge in [0.25, 0.3) is 0 Å². The summed E-state index contributed by atoms with van der Waals surface area (Å²) in [6.45, 7) is -0.570. The minimum Gasteiger partial charge on any atom is -0.475 e. The second-order valence-corrected chi connectivity index (χ2v) is 3.92. The minimum atomic E-state index is -0.863. The number of carbonyl (C=O) groups excluding carboxylic acids is 1. The maximum Gasteiger partial charge on any atom is 0.349 e. The lowest BCUT2D eigenvalue weighted by Crippen LogP contribution is -2.18. The summed E-state index contributed by atoms with van der Waals surface area (Å²) in [6, 6.07) is 11.0. The summed E-state index contributed by atoms with van der Waals surface area (Å²) >= 11 is 0. The number of esters is 1. The highest BCUT2D eigenvalue weighted by Crippen LogP contribution is 2.25. The predicted molar refractivity (Wildman–Crippen MR) is 70.6 cm³/mol. The van der Waals surface area contributed by atoms with Gasteiger partial charge in [-0.2, -0.15) is 0 Å². The van der Waals surface area contributed by atoms with Gasteiger partial charge in [-0.15, -0.1) is 0 Å². The van der Waals surface area contributed by atoms with Crippen LogP contribution in [0.5, 0.6) is 11.5 Å². The topological polar surface area (TPSA) is 78.7 Å². The van der Waals surface area contributed by atoms with Crippen molar-refractivity contribution in [1.82, 2.24) is 0 Å². The van der Waals surface area contributed by atoms with Crippen molar-refractivity contribution < 1.29 is 23.6 Å². The number of ether oxygens (including phenoxy) is 2. The van der Waals surface area contributed by atoms with Crippen molar-refractivity contribution in [3.8, 4) is 11.5 Å². The summed E-state index contributed by atoms with van der Waals surface area (Å²) in [5, 5.41) is 10.8. The number of nitrogens with zero attached hydrogens (tertiary/aromatic N) is 1. The van der Waals surface area contributed by atoms with E-state index in [0.29, 0.717) is 0 Å². The average molecular weight is 291 g/mol. The first-order chi connectivity index (χ1) is 10.1. The lowest BCUT2D eigenvalue weighted by Gasteiger charge is -2.07. The van der Waals surface area contributed by atoms with E-state index in [0.717, 1.165) is 6.07 Å². The van der Waals surface area contributed by atoms with Gasteiger partial charge in [0, 0.05) is 6.07 Å². The highest BCUT2D eigenvalue weighted by molar-refractivity contribution is 5.74. The molecule has 0 aliphatic carbocycles. The largest absolute Gasteiger partial charge is 0.475 e. The van der Waals surface area contributed by atoms with Crippen LogP contribution in [0.25, 0.3) is 0 Å². The lowest BCUT2D eigenvalue weighted by atomic mass is 10.3. The van der Waals surface area contributed by atoms with Gasteiger partial charge in [-0.05, 0) is 18.2 Å². The zero-order valence-electron chi connectivity index (χ0n) is 10.7. The van der Waals surface area contributed by atoms with Crippen molar-refractivity contribution in [1.29, 1.82) is 0 Å². The molecule has 0 aliphatic rings. The van der Waals surface area contributed by atoms with Gasteiger partial charge in [-0.3, -0.25) is 10.1 Å². The van der Waals surface area contributed by atoms with E-state index in [9.17, 15) is 19.3 Å². The summed E-state index contributed by atoms with van der Waals surface area (Å²) in [7, 11) is 0. The molecular weight excluding hydrogens is 281 g/mol. The molecule has 0 amide bonds. The maximum atomic E-state index is 13.3. The highest BCUT2D eigenvalue weighted by atomic mass is 19.1. The molecule has 0 aromatic heterocycles. The van der Waals surface area contributed by atoms with Gasteiger partial charge < -0.3 is 9.47 Å². The van der Waals surface area contributed by atoms with Gasteiger partial charge in [-0.25, -0.2) is 9.18 Å². The van der Waals surface area contributed by atoms with Gasteiger partial charge in [0.05, 0.1) is 4.92 Å². The van der Waals surface area contributed by atoms with Crippen LogP contribution in [-0.4, -0.2) is 17.5 Å². The summed E-state index contributed by atoms with van der Waals surface area (Å²) in [5.41, 5.74) is -0.267. The van der Waals surface area contributed by atoms with Crippen molar-refractivity contribution in [2.24, 2.45) is 0 Å². The Morgan fingerprint density at radius 2 is 1.71 bits per heavy atom. The van der Waals surface area contributed by atoms with Gasteiger partial charge in [0.1, 0.15) is 0 Å². The molecule has 21 heavy (non-hydrogen) atoms. The van der Waals surface area contributed by atoms with Gasteiger partial charge in [0.15, 0.2) is 23.9 Å². The number of benzene rings is 2. The molecule has 0 aliphatic heterocycles. The van der Waals surface area contributed by atoms with Crippen molar-refractivity contribution in [2.45, 2.75) is 0 Å². The van der Waals surface area contributed by atoms with Crippen LogP contribution in [0, 0.1) is 15.9 Å². The van der Waals surface area contributed by atoms with Gasteiger partial charge >= 0.3 is 11.7 Å². The molecule has 7 heteroatoms. The zero-order chi connectivity index (χ0) is 15.2.